The van der Waals surface area contributed by atoms with Gasteiger partial charge in [0.2, 0.25) is 11.8 Å². The molecule has 1 aromatic carbocycles. The molecule has 9 heteroatoms. The van der Waals surface area contributed by atoms with Crippen molar-refractivity contribution in [2.75, 3.05) is 12.4 Å². The third-order valence-electron chi connectivity index (χ3n) is 5.24. The van der Waals surface area contributed by atoms with Gasteiger partial charge in [-0.15, -0.1) is 0 Å². The average Bonchev–Trinajstić information content (AvgIpc) is 3.12. The van der Waals surface area contributed by atoms with Crippen LogP contribution in [-0.4, -0.2) is 44.3 Å². The van der Waals surface area contributed by atoms with Gasteiger partial charge in [0, 0.05) is 44.0 Å². The van der Waals surface area contributed by atoms with E-state index >= 15 is 0 Å². The van der Waals surface area contributed by atoms with Gasteiger partial charge in [0.1, 0.15) is 5.56 Å². The van der Waals surface area contributed by atoms with Gasteiger partial charge in [-0.2, -0.15) is 5.10 Å². The first-order valence-electron chi connectivity index (χ1n) is 9.91. The molecule has 0 spiro atoms. The molecule has 0 aliphatic heterocycles. The topological polar surface area (TPSA) is 123 Å². The largest absolute Gasteiger partial charge is 0.365 e. The summed E-state index contributed by atoms with van der Waals surface area (Å²) in [5.74, 6) is -0.731. The predicted octanol–water partition coefficient (Wildman–Crippen LogP) is 1.99. The maximum atomic E-state index is 12.5. The van der Waals surface area contributed by atoms with Crippen LogP contribution in [0.5, 0.6) is 0 Å². The molecule has 0 radical (unpaired) electrons. The Morgan fingerprint density at radius 3 is 2.65 bits per heavy atom. The molecule has 3 aromatic rings. The number of carbonyl (C=O) groups is 3. The fraction of sp³-hybridized carbons (Fsp3) is 0.318. The first-order valence-corrected chi connectivity index (χ1v) is 9.91. The highest BCUT2D eigenvalue weighted by Gasteiger charge is 2.17. The van der Waals surface area contributed by atoms with E-state index in [2.05, 4.69) is 15.4 Å². The first-order chi connectivity index (χ1) is 14.7. The van der Waals surface area contributed by atoms with E-state index in [0.29, 0.717) is 24.3 Å². The molecule has 0 saturated carbocycles. The van der Waals surface area contributed by atoms with Crippen LogP contribution in [0.1, 0.15) is 46.2 Å². The number of fused-ring (bicyclic) bond motifs is 1. The molecular formula is C22H26N6O3. The lowest BCUT2D eigenvalue weighted by atomic mass is 10.1. The minimum absolute atomic E-state index is 0.0223. The lowest BCUT2D eigenvalue weighted by molar-refractivity contribution is -0.128. The predicted molar refractivity (Wildman–Crippen MR) is 117 cm³/mol. The second-order valence-corrected chi connectivity index (χ2v) is 7.54. The number of amides is 3. The summed E-state index contributed by atoms with van der Waals surface area (Å²) in [5, 5.41) is 7.11. The summed E-state index contributed by atoms with van der Waals surface area (Å²) >= 11 is 0. The molecule has 0 saturated heterocycles. The number of hydrogen-bond acceptors (Lipinski definition) is 5. The normalized spacial score (nSPS) is 10.8. The van der Waals surface area contributed by atoms with Gasteiger partial charge in [0.05, 0.1) is 6.20 Å². The zero-order valence-corrected chi connectivity index (χ0v) is 18.1. The van der Waals surface area contributed by atoms with Gasteiger partial charge in [-0.25, -0.2) is 9.50 Å². The first kappa shape index (κ1) is 21.9. The van der Waals surface area contributed by atoms with Crippen molar-refractivity contribution in [2.45, 2.75) is 40.2 Å². The van der Waals surface area contributed by atoms with Crippen LogP contribution >= 0.6 is 0 Å². The van der Waals surface area contributed by atoms with E-state index in [4.69, 9.17) is 5.73 Å². The number of anilines is 1. The zero-order chi connectivity index (χ0) is 22.7. The molecule has 0 unspecified atom stereocenters. The van der Waals surface area contributed by atoms with Gasteiger partial charge in [-0.05, 0) is 43.5 Å². The third-order valence-corrected chi connectivity index (χ3v) is 5.24. The molecule has 3 amide bonds. The Balaban J connectivity index is 1.69. The summed E-state index contributed by atoms with van der Waals surface area (Å²) in [6.45, 7) is 5.70. The van der Waals surface area contributed by atoms with E-state index in [1.807, 2.05) is 38.1 Å². The fourth-order valence-electron chi connectivity index (χ4n) is 3.44. The van der Waals surface area contributed by atoms with Crippen molar-refractivity contribution in [3.8, 4) is 0 Å². The molecule has 3 N–H and O–H groups in total. The molecule has 31 heavy (non-hydrogen) atoms. The van der Waals surface area contributed by atoms with Crippen LogP contribution in [0.3, 0.4) is 0 Å². The lowest BCUT2D eigenvalue weighted by Crippen LogP contribution is -2.23. The van der Waals surface area contributed by atoms with Crippen LogP contribution in [0, 0.1) is 13.8 Å². The van der Waals surface area contributed by atoms with Crippen molar-refractivity contribution in [3.63, 3.8) is 0 Å². The second-order valence-electron chi connectivity index (χ2n) is 7.54. The molecular weight excluding hydrogens is 396 g/mol. The van der Waals surface area contributed by atoms with E-state index in [0.717, 1.165) is 22.5 Å². The van der Waals surface area contributed by atoms with E-state index in [9.17, 15) is 14.4 Å². The zero-order valence-electron chi connectivity index (χ0n) is 18.1. The standard InChI is InChI=1S/C22H26N6O3/c1-13-18(14(2)28-22(25-13)19(11-24-28)21(23)31)8-9-20(30)26-17-7-5-6-16(10-17)12-27(4)15(3)29/h5-7,10-11H,8-9,12H2,1-4H3,(H2,23,31)(H,26,30). The minimum Gasteiger partial charge on any atom is -0.365 e. The monoisotopic (exact) mass is 422 g/mol. The van der Waals surface area contributed by atoms with E-state index in [1.165, 1.54) is 13.1 Å². The van der Waals surface area contributed by atoms with Crippen LogP contribution in [0.15, 0.2) is 30.5 Å². The second kappa shape index (κ2) is 8.95. The molecule has 0 aliphatic carbocycles. The number of hydrogen-bond donors (Lipinski definition) is 2. The number of aromatic nitrogens is 3. The number of nitrogens with one attached hydrogen (secondary N) is 1. The lowest BCUT2D eigenvalue weighted by Gasteiger charge is -2.15. The summed E-state index contributed by atoms with van der Waals surface area (Å²) < 4.78 is 1.58. The number of aryl methyl sites for hydroxylation is 2. The Labute approximate surface area is 180 Å². The fourth-order valence-corrected chi connectivity index (χ4v) is 3.44. The van der Waals surface area contributed by atoms with Gasteiger partial charge >= 0.3 is 0 Å². The molecule has 2 heterocycles. The van der Waals surface area contributed by atoms with Gasteiger partial charge in [-0.3, -0.25) is 14.4 Å². The maximum absolute atomic E-state index is 12.5. The molecule has 2 aromatic heterocycles. The number of carbonyl (C=O) groups excluding carboxylic acids is 3. The Kier molecular flexibility index (Phi) is 6.33. The van der Waals surface area contributed by atoms with Crippen LogP contribution < -0.4 is 11.1 Å². The molecule has 0 fully saturated rings. The SMILES string of the molecule is CC(=O)N(C)Cc1cccc(NC(=O)CCc2c(C)nc3c(C(N)=O)cnn3c2C)c1. The van der Waals surface area contributed by atoms with E-state index in [1.54, 1.807) is 16.5 Å². The summed E-state index contributed by atoms with van der Waals surface area (Å²) in [6.07, 6.45) is 2.14. The maximum Gasteiger partial charge on any atom is 0.254 e. The highest BCUT2D eigenvalue weighted by atomic mass is 16.2. The van der Waals surface area contributed by atoms with Crippen LogP contribution in [0.4, 0.5) is 5.69 Å². The number of nitrogens with zero attached hydrogens (tertiary/aromatic N) is 4. The van der Waals surface area contributed by atoms with E-state index in [-0.39, 0.29) is 23.8 Å². The highest BCUT2D eigenvalue weighted by molar-refractivity contribution is 5.98. The molecule has 162 valence electrons. The van der Waals surface area contributed by atoms with Gasteiger partial charge in [-0.1, -0.05) is 12.1 Å². The van der Waals surface area contributed by atoms with E-state index < -0.39 is 5.91 Å². The van der Waals surface area contributed by atoms with Gasteiger partial charge in [0.15, 0.2) is 5.65 Å². The smallest absolute Gasteiger partial charge is 0.254 e. The Morgan fingerprint density at radius 1 is 1.23 bits per heavy atom. The quantitative estimate of drug-likeness (QED) is 0.603. The third kappa shape index (κ3) is 4.88. The average molecular weight is 422 g/mol. The van der Waals surface area contributed by atoms with Crippen molar-refractivity contribution >= 4 is 29.1 Å². The van der Waals surface area contributed by atoms with Gasteiger partial charge < -0.3 is 16.0 Å². The summed E-state index contributed by atoms with van der Waals surface area (Å²) in [4.78, 5) is 41.6. The van der Waals surface area contributed by atoms with Crippen molar-refractivity contribution in [1.82, 2.24) is 19.5 Å². The van der Waals surface area contributed by atoms with Crippen LogP contribution in [-0.2, 0) is 22.6 Å². The molecule has 3 rings (SSSR count). The van der Waals surface area contributed by atoms with Crippen LogP contribution in [0.25, 0.3) is 5.65 Å². The molecule has 0 bridgehead atoms. The minimum atomic E-state index is -0.579. The number of benzene rings is 1. The molecule has 9 nitrogen and oxygen atoms in total. The Hall–Kier alpha value is -3.75. The number of rotatable bonds is 7. The summed E-state index contributed by atoms with van der Waals surface area (Å²) in [7, 11) is 1.73. The van der Waals surface area contributed by atoms with Crippen molar-refractivity contribution in [1.29, 1.82) is 0 Å². The summed E-state index contributed by atoms with van der Waals surface area (Å²) in [6, 6.07) is 7.43. The van der Waals surface area contributed by atoms with Gasteiger partial charge in [0.25, 0.3) is 5.91 Å². The van der Waals surface area contributed by atoms with Crippen molar-refractivity contribution in [2.24, 2.45) is 5.73 Å². The van der Waals surface area contributed by atoms with Crippen LogP contribution in [0.2, 0.25) is 0 Å². The number of nitrogens with two attached hydrogens (primary N) is 1. The van der Waals surface area contributed by atoms with Crippen molar-refractivity contribution in [3.05, 3.63) is 58.5 Å². The number of primary amides is 1. The Bertz CT molecular complexity index is 1170. The Morgan fingerprint density at radius 2 is 1.97 bits per heavy atom. The summed E-state index contributed by atoms with van der Waals surface area (Å²) in [5.41, 5.74) is 10.1. The molecule has 0 aliphatic rings. The van der Waals surface area contributed by atoms with Crippen molar-refractivity contribution < 1.29 is 14.4 Å². The highest BCUT2D eigenvalue weighted by Crippen LogP contribution is 2.19. The molecule has 0 atom stereocenters.